The number of aromatic nitrogens is 2. The van der Waals surface area contributed by atoms with E-state index in [0.717, 1.165) is 18.2 Å². The number of benzene rings is 1. The highest BCUT2D eigenvalue weighted by atomic mass is 35.5. The van der Waals surface area contributed by atoms with E-state index in [2.05, 4.69) is 15.1 Å². The molecule has 0 radical (unpaired) electrons. The zero-order chi connectivity index (χ0) is 15.7. The summed E-state index contributed by atoms with van der Waals surface area (Å²) >= 11 is 0. The Morgan fingerprint density at radius 1 is 1.22 bits per heavy atom. The molecule has 0 amide bonds. The van der Waals surface area contributed by atoms with Crippen LogP contribution in [-0.4, -0.2) is 34.2 Å². The van der Waals surface area contributed by atoms with Crippen molar-refractivity contribution in [1.82, 2.24) is 15.1 Å². The summed E-state index contributed by atoms with van der Waals surface area (Å²) in [5.74, 6) is 0.200. The minimum Gasteiger partial charge on any atom is -0.326 e. The monoisotopic (exact) mass is 346 g/mol. The van der Waals surface area contributed by atoms with Gasteiger partial charge in [0.1, 0.15) is 0 Å². The molecular formula is C15H18ClF3N4. The van der Waals surface area contributed by atoms with Crippen LogP contribution >= 0.6 is 12.4 Å². The van der Waals surface area contributed by atoms with Gasteiger partial charge in [0.25, 0.3) is 0 Å². The Morgan fingerprint density at radius 2 is 1.91 bits per heavy atom. The Bertz CT molecular complexity index is 629. The third kappa shape index (κ3) is 4.04. The number of nitrogens with zero attached hydrogens (tertiary/aromatic N) is 2. The molecule has 1 aliphatic heterocycles. The lowest BCUT2D eigenvalue weighted by Gasteiger charge is -2.15. The fourth-order valence-electron chi connectivity index (χ4n) is 2.92. The van der Waals surface area contributed by atoms with Crippen LogP contribution in [0, 0.1) is 0 Å². The Balaban J connectivity index is 0.00000192. The first-order chi connectivity index (χ1) is 10.4. The molecule has 2 aromatic rings. The minimum atomic E-state index is -4.41. The van der Waals surface area contributed by atoms with Crippen molar-refractivity contribution in [3.63, 3.8) is 0 Å². The van der Waals surface area contributed by atoms with E-state index in [0.29, 0.717) is 18.8 Å². The van der Waals surface area contributed by atoms with Crippen molar-refractivity contribution >= 4 is 12.4 Å². The molecule has 4 nitrogen and oxygen atoms in total. The van der Waals surface area contributed by atoms with E-state index in [-0.39, 0.29) is 24.4 Å². The highest BCUT2D eigenvalue weighted by Gasteiger charge is 2.35. The quantitative estimate of drug-likeness (QED) is 0.898. The van der Waals surface area contributed by atoms with Crippen LogP contribution in [0.25, 0.3) is 0 Å². The smallest absolute Gasteiger partial charge is 0.326 e. The molecule has 3 N–H and O–H groups in total. The SMILES string of the molecule is Cl.N[C@@H]1CN(Cc2cc(C(F)(F)F)n[nH]2)C[C@H]1c1ccccc1. The lowest BCUT2D eigenvalue weighted by Crippen LogP contribution is -2.28. The molecule has 2 heterocycles. The van der Waals surface area contributed by atoms with E-state index in [4.69, 9.17) is 5.73 Å². The second-order valence-corrected chi connectivity index (χ2v) is 5.65. The average molecular weight is 347 g/mol. The standard InChI is InChI=1S/C15H17F3N4.ClH/c16-15(17,18)14-6-11(20-21-14)7-22-8-12(13(19)9-22)10-4-2-1-3-5-10;/h1-6,12-13H,7-9,19H2,(H,20,21);1H/t12-,13+;/m0./s1. The van der Waals surface area contributed by atoms with Crippen LogP contribution in [0.3, 0.4) is 0 Å². The molecule has 0 bridgehead atoms. The summed E-state index contributed by atoms with van der Waals surface area (Å²) in [6.45, 7) is 1.77. The fraction of sp³-hybridized carbons (Fsp3) is 0.400. The average Bonchev–Trinajstić information content (AvgIpc) is 3.07. The molecule has 1 aliphatic rings. The molecule has 1 fully saturated rings. The summed E-state index contributed by atoms with van der Waals surface area (Å²) in [6, 6.07) is 11.0. The zero-order valence-corrected chi connectivity index (χ0v) is 13.1. The lowest BCUT2D eigenvalue weighted by atomic mass is 9.95. The van der Waals surface area contributed by atoms with Gasteiger partial charge in [0, 0.05) is 37.3 Å². The van der Waals surface area contributed by atoms with Gasteiger partial charge in [0.2, 0.25) is 0 Å². The maximum absolute atomic E-state index is 12.5. The highest BCUT2D eigenvalue weighted by Crippen LogP contribution is 2.30. The predicted molar refractivity (Wildman–Crippen MR) is 83.3 cm³/mol. The molecule has 0 spiro atoms. The van der Waals surface area contributed by atoms with Crippen molar-refractivity contribution in [2.45, 2.75) is 24.7 Å². The molecule has 8 heteroatoms. The second kappa shape index (κ2) is 6.90. The normalized spacial score (nSPS) is 22.1. The molecule has 23 heavy (non-hydrogen) atoms. The number of nitrogens with one attached hydrogen (secondary N) is 1. The number of nitrogens with two attached hydrogens (primary N) is 1. The van der Waals surface area contributed by atoms with Crippen molar-refractivity contribution in [1.29, 1.82) is 0 Å². The number of halogens is 4. The maximum Gasteiger partial charge on any atom is 0.435 e. The maximum atomic E-state index is 12.5. The topological polar surface area (TPSA) is 57.9 Å². The zero-order valence-electron chi connectivity index (χ0n) is 12.3. The van der Waals surface area contributed by atoms with Gasteiger partial charge in [-0.15, -0.1) is 12.4 Å². The van der Waals surface area contributed by atoms with Crippen LogP contribution in [0.15, 0.2) is 36.4 Å². The number of aromatic amines is 1. The molecule has 1 saturated heterocycles. The summed E-state index contributed by atoms with van der Waals surface area (Å²) in [6.07, 6.45) is -4.41. The van der Waals surface area contributed by atoms with Gasteiger partial charge in [0.05, 0.1) is 0 Å². The first-order valence-corrected chi connectivity index (χ1v) is 7.08. The van der Waals surface area contributed by atoms with Gasteiger partial charge < -0.3 is 5.73 Å². The molecule has 3 rings (SSSR count). The molecule has 0 aliphatic carbocycles. The second-order valence-electron chi connectivity index (χ2n) is 5.65. The molecule has 1 aromatic carbocycles. The molecular weight excluding hydrogens is 329 g/mol. The van der Waals surface area contributed by atoms with Gasteiger partial charge in [-0.2, -0.15) is 18.3 Å². The van der Waals surface area contributed by atoms with Crippen LogP contribution in [0.1, 0.15) is 22.9 Å². The fourth-order valence-corrected chi connectivity index (χ4v) is 2.92. The Kier molecular flexibility index (Phi) is 5.33. The van der Waals surface area contributed by atoms with Crippen molar-refractivity contribution in [2.75, 3.05) is 13.1 Å². The van der Waals surface area contributed by atoms with Crippen molar-refractivity contribution < 1.29 is 13.2 Å². The minimum absolute atomic E-state index is 0. The molecule has 0 saturated carbocycles. The molecule has 2 atom stereocenters. The number of hydrogen-bond donors (Lipinski definition) is 2. The molecule has 126 valence electrons. The van der Waals surface area contributed by atoms with E-state index < -0.39 is 11.9 Å². The Morgan fingerprint density at radius 3 is 2.52 bits per heavy atom. The predicted octanol–water partition coefficient (Wildman–Crippen LogP) is 2.78. The van der Waals surface area contributed by atoms with E-state index in [1.54, 1.807) is 0 Å². The first kappa shape index (κ1) is 17.8. The summed E-state index contributed by atoms with van der Waals surface area (Å²) in [5.41, 5.74) is 6.92. The largest absolute Gasteiger partial charge is 0.435 e. The van der Waals surface area contributed by atoms with Crippen LogP contribution in [0.2, 0.25) is 0 Å². The van der Waals surface area contributed by atoms with Gasteiger partial charge in [0.15, 0.2) is 5.69 Å². The summed E-state index contributed by atoms with van der Waals surface area (Å²) in [7, 11) is 0. The van der Waals surface area contributed by atoms with Crippen molar-refractivity contribution in [3.8, 4) is 0 Å². The Hall–Kier alpha value is -1.57. The third-order valence-corrected chi connectivity index (χ3v) is 3.98. The van der Waals surface area contributed by atoms with Crippen LogP contribution in [0.4, 0.5) is 13.2 Å². The molecule has 0 unspecified atom stereocenters. The number of alkyl halides is 3. The third-order valence-electron chi connectivity index (χ3n) is 3.98. The summed E-state index contributed by atoms with van der Waals surface area (Å²) in [4.78, 5) is 2.05. The van der Waals surface area contributed by atoms with Gasteiger partial charge in [-0.1, -0.05) is 30.3 Å². The number of H-pyrrole nitrogens is 1. The number of hydrogen-bond acceptors (Lipinski definition) is 3. The van der Waals surface area contributed by atoms with Gasteiger partial charge in [-0.25, -0.2) is 0 Å². The van der Waals surface area contributed by atoms with E-state index in [9.17, 15) is 13.2 Å². The van der Waals surface area contributed by atoms with Gasteiger partial charge in [-0.05, 0) is 11.6 Å². The molecule has 1 aromatic heterocycles. The van der Waals surface area contributed by atoms with Crippen LogP contribution in [0.5, 0.6) is 0 Å². The highest BCUT2D eigenvalue weighted by molar-refractivity contribution is 5.85. The van der Waals surface area contributed by atoms with E-state index >= 15 is 0 Å². The van der Waals surface area contributed by atoms with Crippen LogP contribution < -0.4 is 5.73 Å². The van der Waals surface area contributed by atoms with Gasteiger partial charge in [-0.3, -0.25) is 10.00 Å². The number of rotatable bonds is 3. The first-order valence-electron chi connectivity index (χ1n) is 7.08. The summed E-state index contributed by atoms with van der Waals surface area (Å²) in [5, 5.41) is 5.77. The lowest BCUT2D eigenvalue weighted by molar-refractivity contribution is -0.141. The number of likely N-dealkylation sites (tertiary alicyclic amines) is 1. The van der Waals surface area contributed by atoms with E-state index in [1.165, 1.54) is 0 Å². The summed E-state index contributed by atoms with van der Waals surface area (Å²) < 4.78 is 37.6. The van der Waals surface area contributed by atoms with E-state index in [1.807, 2.05) is 30.3 Å². The van der Waals surface area contributed by atoms with Crippen molar-refractivity contribution in [3.05, 3.63) is 53.3 Å². The Labute approximate surface area is 138 Å². The van der Waals surface area contributed by atoms with Crippen LogP contribution in [-0.2, 0) is 12.7 Å². The van der Waals surface area contributed by atoms with Crippen molar-refractivity contribution in [2.24, 2.45) is 5.73 Å². The van der Waals surface area contributed by atoms with Gasteiger partial charge >= 0.3 is 6.18 Å².